The summed E-state index contributed by atoms with van der Waals surface area (Å²) in [5.74, 6) is 1.12. The van der Waals surface area contributed by atoms with Crippen molar-refractivity contribution < 1.29 is 34.6 Å². The fourth-order valence-electron chi connectivity index (χ4n) is 3.29. The summed E-state index contributed by atoms with van der Waals surface area (Å²) in [5.41, 5.74) is 8.14. The van der Waals surface area contributed by atoms with Gasteiger partial charge in [-0.15, -0.1) is 0 Å². The van der Waals surface area contributed by atoms with E-state index in [1.54, 1.807) is 19.2 Å². The molecule has 0 bridgehead atoms. The first-order valence-corrected chi connectivity index (χ1v) is 9.36. The minimum absolute atomic E-state index is 0.373. The van der Waals surface area contributed by atoms with Crippen molar-refractivity contribution in [2.75, 3.05) is 12.8 Å². The molecule has 8 nitrogen and oxygen atoms in total. The molecule has 0 saturated carbocycles. The number of ether oxygens (including phenoxy) is 3. The molecule has 6 N–H and O–H groups in total. The normalized spacial score (nSPS) is 28.0. The average molecular weight is 405 g/mol. The van der Waals surface area contributed by atoms with Crippen LogP contribution >= 0.6 is 0 Å². The molecule has 29 heavy (non-hydrogen) atoms. The summed E-state index contributed by atoms with van der Waals surface area (Å²) in [7, 11) is 1.60. The Balaban J connectivity index is 1.83. The Bertz CT molecular complexity index is 811. The highest BCUT2D eigenvalue weighted by molar-refractivity contribution is 5.50. The third kappa shape index (κ3) is 4.80. The standard InChI is InChI=1S/C21H27NO7/c1-11(23)20-18(25)17(24)19(26)21(29-20)28-16-10-14(22)6-5-13(16)9-12-3-7-15(27-2)8-4-12/h3-8,10-11,17-21,23-26H,9,22H2,1-2H3/t11-,17+,18+,19-,20-,21-/m1/s1. The van der Waals surface area contributed by atoms with Gasteiger partial charge in [0.05, 0.1) is 13.2 Å². The summed E-state index contributed by atoms with van der Waals surface area (Å²) >= 11 is 0. The summed E-state index contributed by atoms with van der Waals surface area (Å²) < 4.78 is 16.5. The van der Waals surface area contributed by atoms with Gasteiger partial charge in [-0.05, 0) is 36.2 Å². The lowest BCUT2D eigenvalue weighted by Crippen LogP contribution is -2.61. The van der Waals surface area contributed by atoms with E-state index in [4.69, 9.17) is 19.9 Å². The largest absolute Gasteiger partial charge is 0.497 e. The van der Waals surface area contributed by atoms with Crippen molar-refractivity contribution in [3.63, 3.8) is 0 Å². The lowest BCUT2D eigenvalue weighted by molar-refractivity contribution is -0.286. The monoisotopic (exact) mass is 405 g/mol. The zero-order valence-corrected chi connectivity index (χ0v) is 16.3. The maximum absolute atomic E-state index is 10.3. The number of anilines is 1. The van der Waals surface area contributed by atoms with Crippen molar-refractivity contribution in [1.82, 2.24) is 0 Å². The highest BCUT2D eigenvalue weighted by Crippen LogP contribution is 2.30. The number of methoxy groups -OCH3 is 1. The summed E-state index contributed by atoms with van der Waals surface area (Å²) in [6.07, 6.45) is -7.42. The fourth-order valence-corrected chi connectivity index (χ4v) is 3.29. The molecule has 1 aliphatic rings. The SMILES string of the molecule is COc1ccc(Cc2ccc(N)cc2O[C@@H]2O[C@H]([C@@H](C)O)[C@@H](O)[C@H](O)[C@H]2O)cc1. The van der Waals surface area contributed by atoms with Crippen LogP contribution in [0.2, 0.25) is 0 Å². The quantitative estimate of drug-likeness (QED) is 0.437. The van der Waals surface area contributed by atoms with E-state index in [0.29, 0.717) is 17.9 Å². The second-order valence-electron chi connectivity index (χ2n) is 7.19. The second kappa shape index (κ2) is 8.98. The molecule has 0 unspecified atom stereocenters. The minimum atomic E-state index is -1.53. The molecule has 1 aliphatic heterocycles. The first kappa shape index (κ1) is 21.4. The van der Waals surface area contributed by atoms with E-state index in [0.717, 1.165) is 16.9 Å². The third-order valence-electron chi connectivity index (χ3n) is 4.97. The molecular formula is C21H27NO7. The molecule has 2 aromatic carbocycles. The van der Waals surface area contributed by atoms with Crippen LogP contribution in [-0.4, -0.2) is 64.3 Å². The van der Waals surface area contributed by atoms with Crippen LogP contribution in [0.3, 0.4) is 0 Å². The second-order valence-corrected chi connectivity index (χ2v) is 7.19. The van der Waals surface area contributed by atoms with Crippen molar-refractivity contribution in [1.29, 1.82) is 0 Å². The smallest absolute Gasteiger partial charge is 0.229 e. The maximum atomic E-state index is 10.3. The van der Waals surface area contributed by atoms with Crippen molar-refractivity contribution in [2.24, 2.45) is 0 Å². The van der Waals surface area contributed by atoms with Gasteiger partial charge in [0.1, 0.15) is 35.9 Å². The molecule has 0 aromatic heterocycles. The molecule has 0 radical (unpaired) electrons. The van der Waals surface area contributed by atoms with E-state index in [2.05, 4.69) is 0 Å². The predicted molar refractivity (Wildman–Crippen MR) is 106 cm³/mol. The molecule has 0 amide bonds. The van der Waals surface area contributed by atoms with Gasteiger partial charge in [-0.3, -0.25) is 0 Å². The Labute approximate surface area is 169 Å². The molecule has 1 fully saturated rings. The number of hydrogen-bond acceptors (Lipinski definition) is 8. The van der Waals surface area contributed by atoms with Crippen molar-refractivity contribution in [3.05, 3.63) is 53.6 Å². The van der Waals surface area contributed by atoms with Crippen LogP contribution in [0.1, 0.15) is 18.1 Å². The topological polar surface area (TPSA) is 135 Å². The first-order chi connectivity index (χ1) is 13.8. The summed E-state index contributed by atoms with van der Waals surface area (Å²) in [5, 5.41) is 40.2. The Morgan fingerprint density at radius 2 is 1.72 bits per heavy atom. The summed E-state index contributed by atoms with van der Waals surface area (Å²) in [6.45, 7) is 1.42. The number of rotatable bonds is 6. The van der Waals surface area contributed by atoms with Gasteiger partial charge < -0.3 is 40.4 Å². The van der Waals surface area contributed by atoms with Gasteiger partial charge in [0.15, 0.2) is 0 Å². The number of aliphatic hydroxyl groups is 4. The Morgan fingerprint density at radius 1 is 1.03 bits per heavy atom. The van der Waals surface area contributed by atoms with Gasteiger partial charge in [0, 0.05) is 18.2 Å². The lowest BCUT2D eigenvalue weighted by Gasteiger charge is -2.41. The van der Waals surface area contributed by atoms with Gasteiger partial charge >= 0.3 is 0 Å². The summed E-state index contributed by atoms with van der Waals surface area (Å²) in [6, 6.07) is 12.7. The molecular weight excluding hydrogens is 378 g/mol. The van der Waals surface area contributed by atoms with Gasteiger partial charge in [-0.1, -0.05) is 18.2 Å². The van der Waals surface area contributed by atoms with Crippen molar-refractivity contribution in [3.8, 4) is 11.5 Å². The number of nitrogens with two attached hydrogens (primary N) is 1. The zero-order chi connectivity index (χ0) is 21.1. The zero-order valence-electron chi connectivity index (χ0n) is 16.3. The van der Waals surface area contributed by atoms with Crippen LogP contribution in [0.4, 0.5) is 5.69 Å². The van der Waals surface area contributed by atoms with E-state index in [1.165, 1.54) is 6.92 Å². The van der Waals surface area contributed by atoms with Crippen molar-refractivity contribution in [2.45, 2.75) is 50.2 Å². The van der Waals surface area contributed by atoms with Gasteiger partial charge in [0.25, 0.3) is 0 Å². The molecule has 0 aliphatic carbocycles. The van der Waals surface area contributed by atoms with Crippen LogP contribution < -0.4 is 15.2 Å². The first-order valence-electron chi connectivity index (χ1n) is 9.36. The van der Waals surface area contributed by atoms with Gasteiger partial charge in [-0.25, -0.2) is 0 Å². The molecule has 0 spiro atoms. The summed E-state index contributed by atoms with van der Waals surface area (Å²) in [4.78, 5) is 0. The van der Waals surface area contributed by atoms with E-state index >= 15 is 0 Å². The Kier molecular flexibility index (Phi) is 6.61. The third-order valence-corrected chi connectivity index (χ3v) is 4.97. The molecule has 8 heteroatoms. The molecule has 158 valence electrons. The number of aliphatic hydroxyl groups excluding tert-OH is 4. The Morgan fingerprint density at radius 3 is 2.34 bits per heavy atom. The average Bonchev–Trinajstić information content (AvgIpc) is 2.70. The molecule has 2 aromatic rings. The fraction of sp³-hybridized carbons (Fsp3) is 0.429. The van der Waals surface area contributed by atoms with E-state index in [9.17, 15) is 20.4 Å². The van der Waals surface area contributed by atoms with Crippen molar-refractivity contribution >= 4 is 5.69 Å². The van der Waals surface area contributed by atoms with Crippen LogP contribution in [-0.2, 0) is 11.2 Å². The molecule has 6 atom stereocenters. The number of benzene rings is 2. The number of nitrogen functional groups attached to an aromatic ring is 1. The van der Waals surface area contributed by atoms with Crippen LogP contribution in [0.15, 0.2) is 42.5 Å². The Hall–Kier alpha value is -2.36. The maximum Gasteiger partial charge on any atom is 0.229 e. The highest BCUT2D eigenvalue weighted by atomic mass is 16.7. The van der Waals surface area contributed by atoms with Gasteiger partial charge in [0.2, 0.25) is 6.29 Å². The lowest BCUT2D eigenvalue weighted by atomic mass is 9.96. The molecule has 1 saturated heterocycles. The van der Waals surface area contributed by atoms with Crippen LogP contribution in [0, 0.1) is 0 Å². The van der Waals surface area contributed by atoms with Gasteiger partial charge in [-0.2, -0.15) is 0 Å². The predicted octanol–water partition coefficient (Wildman–Crippen LogP) is 0.435. The van der Waals surface area contributed by atoms with E-state index < -0.39 is 36.8 Å². The molecule has 3 rings (SSSR count). The minimum Gasteiger partial charge on any atom is -0.497 e. The van der Waals surface area contributed by atoms with E-state index in [1.807, 2.05) is 30.3 Å². The van der Waals surface area contributed by atoms with Crippen LogP contribution in [0.5, 0.6) is 11.5 Å². The van der Waals surface area contributed by atoms with Crippen LogP contribution in [0.25, 0.3) is 0 Å². The highest BCUT2D eigenvalue weighted by Gasteiger charge is 2.46. The molecule has 1 heterocycles. The number of hydrogen-bond donors (Lipinski definition) is 5. The van der Waals surface area contributed by atoms with E-state index in [-0.39, 0.29) is 0 Å².